The Morgan fingerprint density at radius 1 is 1.31 bits per heavy atom. The van der Waals surface area contributed by atoms with Gasteiger partial charge in [0.15, 0.2) is 0 Å². The molecule has 1 atom stereocenters. The predicted octanol–water partition coefficient (Wildman–Crippen LogP) is 1.36. The van der Waals surface area contributed by atoms with Gasteiger partial charge < -0.3 is 16.2 Å². The van der Waals surface area contributed by atoms with Gasteiger partial charge in [0.25, 0.3) is 0 Å². The molecule has 0 radical (unpaired) electrons. The molecule has 0 aromatic heterocycles. The van der Waals surface area contributed by atoms with Crippen LogP contribution in [0, 0.1) is 6.92 Å². The molecule has 0 aliphatic rings. The minimum absolute atomic E-state index is 0.222. The van der Waals surface area contributed by atoms with Crippen molar-refractivity contribution in [1.29, 1.82) is 0 Å². The number of benzene rings is 1. The minimum atomic E-state index is 0.222. The van der Waals surface area contributed by atoms with Crippen LogP contribution in [0.25, 0.3) is 0 Å². The number of hydrogen-bond acceptors (Lipinski definition) is 3. The maximum absolute atomic E-state index is 8.70. The number of aliphatic hydroxyl groups excluding tert-OH is 1. The molecule has 1 aromatic rings. The fraction of sp³-hybridized carbons (Fsp3) is 0.538. The lowest BCUT2D eigenvalue weighted by atomic mass is 10.0. The molecule has 0 aliphatic heterocycles. The fourth-order valence-electron chi connectivity index (χ4n) is 1.81. The summed E-state index contributed by atoms with van der Waals surface area (Å²) in [5, 5.41) is 12.1. The van der Waals surface area contributed by atoms with Crippen molar-refractivity contribution in [2.45, 2.75) is 25.8 Å². The zero-order valence-corrected chi connectivity index (χ0v) is 9.95. The highest BCUT2D eigenvalue weighted by Crippen LogP contribution is 2.16. The number of unbranched alkanes of at least 4 members (excludes halogenated alkanes) is 1. The molecule has 3 nitrogen and oxygen atoms in total. The van der Waals surface area contributed by atoms with Crippen molar-refractivity contribution < 1.29 is 5.11 Å². The molecule has 0 fully saturated rings. The van der Waals surface area contributed by atoms with Gasteiger partial charge in [-0.05, 0) is 37.4 Å². The summed E-state index contributed by atoms with van der Waals surface area (Å²) in [6.45, 7) is 3.87. The lowest BCUT2D eigenvalue weighted by Gasteiger charge is -2.19. The van der Waals surface area contributed by atoms with E-state index < -0.39 is 0 Å². The van der Waals surface area contributed by atoms with Crippen LogP contribution < -0.4 is 11.1 Å². The van der Waals surface area contributed by atoms with Crippen LogP contribution in [0.4, 0.5) is 0 Å². The molecular weight excluding hydrogens is 200 g/mol. The van der Waals surface area contributed by atoms with Gasteiger partial charge in [0.05, 0.1) is 0 Å². The average Bonchev–Trinajstić information content (AvgIpc) is 2.31. The first-order valence-corrected chi connectivity index (χ1v) is 5.89. The molecule has 0 heterocycles. The van der Waals surface area contributed by atoms with E-state index in [2.05, 4.69) is 24.4 Å². The van der Waals surface area contributed by atoms with Gasteiger partial charge in [0.1, 0.15) is 0 Å². The normalized spacial score (nSPS) is 12.7. The number of nitrogens with two attached hydrogens (primary N) is 1. The molecule has 1 unspecified atom stereocenters. The zero-order valence-electron chi connectivity index (χ0n) is 9.95. The first-order chi connectivity index (χ1) is 7.79. The summed E-state index contributed by atoms with van der Waals surface area (Å²) < 4.78 is 0. The molecule has 90 valence electrons. The molecule has 16 heavy (non-hydrogen) atoms. The first kappa shape index (κ1) is 13.2. The predicted molar refractivity (Wildman–Crippen MR) is 67.3 cm³/mol. The van der Waals surface area contributed by atoms with Crippen molar-refractivity contribution in [3.63, 3.8) is 0 Å². The van der Waals surface area contributed by atoms with Gasteiger partial charge in [-0.25, -0.2) is 0 Å². The quantitative estimate of drug-likeness (QED) is 0.610. The Bertz CT molecular complexity index is 302. The molecule has 0 amide bonds. The number of rotatable bonds is 7. The smallest absolute Gasteiger partial charge is 0.0447 e. The third kappa shape index (κ3) is 3.93. The van der Waals surface area contributed by atoms with E-state index in [4.69, 9.17) is 10.8 Å². The average molecular weight is 222 g/mol. The van der Waals surface area contributed by atoms with Crippen molar-refractivity contribution in [3.05, 3.63) is 35.4 Å². The molecule has 0 aliphatic carbocycles. The van der Waals surface area contributed by atoms with Crippen molar-refractivity contribution in [3.8, 4) is 0 Å². The molecule has 4 N–H and O–H groups in total. The van der Waals surface area contributed by atoms with E-state index in [1.165, 1.54) is 11.1 Å². The van der Waals surface area contributed by atoms with E-state index in [1.807, 2.05) is 12.1 Å². The van der Waals surface area contributed by atoms with Gasteiger partial charge in [-0.2, -0.15) is 0 Å². The number of hydrogen-bond donors (Lipinski definition) is 3. The topological polar surface area (TPSA) is 58.3 Å². The molecule has 1 rings (SSSR count). The molecule has 3 heteroatoms. The second-order valence-corrected chi connectivity index (χ2v) is 4.03. The Labute approximate surface area is 97.7 Å². The van der Waals surface area contributed by atoms with Gasteiger partial charge in [-0.1, -0.05) is 24.3 Å². The monoisotopic (exact) mass is 222 g/mol. The van der Waals surface area contributed by atoms with E-state index in [0.717, 1.165) is 19.4 Å². The standard InChI is InChI=1S/C13H22N2O/c1-11-6-2-3-7-12(11)13(10-14)15-8-4-5-9-16/h2-3,6-7,13,15-16H,4-5,8-10,14H2,1H3. The summed E-state index contributed by atoms with van der Waals surface area (Å²) in [6, 6.07) is 8.53. The number of nitrogens with one attached hydrogen (secondary N) is 1. The minimum Gasteiger partial charge on any atom is -0.396 e. The summed E-state index contributed by atoms with van der Waals surface area (Å²) in [6.07, 6.45) is 1.83. The molecular formula is C13H22N2O. The summed E-state index contributed by atoms with van der Waals surface area (Å²) >= 11 is 0. The van der Waals surface area contributed by atoms with Gasteiger partial charge in [0.2, 0.25) is 0 Å². The lowest BCUT2D eigenvalue weighted by molar-refractivity contribution is 0.282. The Hall–Kier alpha value is -0.900. The molecule has 0 spiro atoms. The van der Waals surface area contributed by atoms with E-state index in [-0.39, 0.29) is 12.6 Å². The van der Waals surface area contributed by atoms with Crippen LogP contribution in [0.15, 0.2) is 24.3 Å². The summed E-state index contributed by atoms with van der Waals surface area (Å²) in [4.78, 5) is 0. The SMILES string of the molecule is Cc1ccccc1C(CN)NCCCCO. The van der Waals surface area contributed by atoms with Crippen molar-refractivity contribution in [2.75, 3.05) is 19.7 Å². The highest BCUT2D eigenvalue weighted by atomic mass is 16.2. The number of aliphatic hydroxyl groups is 1. The van der Waals surface area contributed by atoms with Gasteiger partial charge in [-0.3, -0.25) is 0 Å². The van der Waals surface area contributed by atoms with Crippen LogP contribution in [0.5, 0.6) is 0 Å². The Morgan fingerprint density at radius 3 is 2.69 bits per heavy atom. The van der Waals surface area contributed by atoms with Gasteiger partial charge >= 0.3 is 0 Å². The third-order valence-electron chi connectivity index (χ3n) is 2.78. The van der Waals surface area contributed by atoms with Crippen LogP contribution >= 0.6 is 0 Å². The van der Waals surface area contributed by atoms with Crippen LogP contribution in [0.3, 0.4) is 0 Å². The highest BCUT2D eigenvalue weighted by Gasteiger charge is 2.09. The first-order valence-electron chi connectivity index (χ1n) is 5.89. The summed E-state index contributed by atoms with van der Waals surface area (Å²) in [5.41, 5.74) is 8.32. The largest absolute Gasteiger partial charge is 0.396 e. The van der Waals surface area contributed by atoms with Crippen molar-refractivity contribution >= 4 is 0 Å². The van der Waals surface area contributed by atoms with Crippen LogP contribution in [-0.4, -0.2) is 24.8 Å². The maximum atomic E-state index is 8.70. The molecule has 0 bridgehead atoms. The Balaban J connectivity index is 2.51. The zero-order chi connectivity index (χ0) is 11.8. The van der Waals surface area contributed by atoms with Crippen molar-refractivity contribution in [2.24, 2.45) is 5.73 Å². The molecule has 1 aromatic carbocycles. The van der Waals surface area contributed by atoms with E-state index >= 15 is 0 Å². The second kappa shape index (κ2) is 7.39. The second-order valence-electron chi connectivity index (χ2n) is 4.03. The fourth-order valence-corrected chi connectivity index (χ4v) is 1.81. The lowest BCUT2D eigenvalue weighted by Crippen LogP contribution is -2.29. The third-order valence-corrected chi connectivity index (χ3v) is 2.78. The Morgan fingerprint density at radius 2 is 2.06 bits per heavy atom. The van der Waals surface area contributed by atoms with Gasteiger partial charge in [0, 0.05) is 19.2 Å². The highest BCUT2D eigenvalue weighted by molar-refractivity contribution is 5.28. The van der Waals surface area contributed by atoms with Crippen LogP contribution in [-0.2, 0) is 0 Å². The van der Waals surface area contributed by atoms with Crippen LogP contribution in [0.1, 0.15) is 30.0 Å². The van der Waals surface area contributed by atoms with Crippen LogP contribution in [0.2, 0.25) is 0 Å². The van der Waals surface area contributed by atoms with E-state index in [9.17, 15) is 0 Å². The van der Waals surface area contributed by atoms with Crippen molar-refractivity contribution in [1.82, 2.24) is 5.32 Å². The number of aryl methyl sites for hydroxylation is 1. The Kier molecular flexibility index (Phi) is 6.08. The maximum Gasteiger partial charge on any atom is 0.0447 e. The van der Waals surface area contributed by atoms with E-state index in [1.54, 1.807) is 0 Å². The molecule has 0 saturated carbocycles. The van der Waals surface area contributed by atoms with E-state index in [0.29, 0.717) is 6.54 Å². The molecule has 0 saturated heterocycles. The summed E-state index contributed by atoms with van der Waals surface area (Å²) in [7, 11) is 0. The summed E-state index contributed by atoms with van der Waals surface area (Å²) in [5.74, 6) is 0. The van der Waals surface area contributed by atoms with Gasteiger partial charge in [-0.15, -0.1) is 0 Å².